The van der Waals surface area contributed by atoms with Gasteiger partial charge in [0.05, 0.1) is 11.2 Å². The molecule has 1 heterocycles. The van der Waals surface area contributed by atoms with Crippen molar-refractivity contribution in [3.8, 4) is 11.8 Å². The average Bonchev–Trinajstić information content (AvgIpc) is 2.77. The summed E-state index contributed by atoms with van der Waals surface area (Å²) < 4.78 is 0. The predicted octanol–water partition coefficient (Wildman–Crippen LogP) is 2.89. The van der Waals surface area contributed by atoms with Crippen LogP contribution in [0.25, 0.3) is 0 Å². The molecule has 0 fully saturated rings. The SMILES string of the molecule is O=C(O)c1cnc(C#Cc2ccccc2Cl)s1. The van der Waals surface area contributed by atoms with Gasteiger partial charge in [-0.15, -0.1) is 0 Å². The van der Waals surface area contributed by atoms with E-state index in [1.54, 1.807) is 12.1 Å². The lowest BCUT2D eigenvalue weighted by molar-refractivity contribution is 0.0702. The quantitative estimate of drug-likeness (QED) is 0.805. The number of hydrogen-bond acceptors (Lipinski definition) is 3. The van der Waals surface area contributed by atoms with Crippen LogP contribution in [0, 0.1) is 11.8 Å². The van der Waals surface area contributed by atoms with Gasteiger partial charge in [-0.1, -0.05) is 41.0 Å². The highest BCUT2D eigenvalue weighted by Crippen LogP contribution is 2.15. The normalized spacial score (nSPS) is 9.47. The monoisotopic (exact) mass is 263 g/mol. The van der Waals surface area contributed by atoms with E-state index in [0.717, 1.165) is 11.3 Å². The molecule has 1 aromatic carbocycles. The van der Waals surface area contributed by atoms with E-state index in [9.17, 15) is 4.79 Å². The second-order valence-electron chi connectivity index (χ2n) is 3.06. The fraction of sp³-hybridized carbons (Fsp3) is 0. The van der Waals surface area contributed by atoms with Gasteiger partial charge in [0.25, 0.3) is 0 Å². The van der Waals surface area contributed by atoms with E-state index < -0.39 is 5.97 Å². The highest BCUT2D eigenvalue weighted by molar-refractivity contribution is 7.14. The van der Waals surface area contributed by atoms with Crippen molar-refractivity contribution < 1.29 is 9.90 Å². The Bertz CT molecular complexity index is 625. The Morgan fingerprint density at radius 2 is 2.12 bits per heavy atom. The second kappa shape index (κ2) is 5.00. The van der Waals surface area contributed by atoms with Gasteiger partial charge in [-0.2, -0.15) is 0 Å². The molecule has 2 aromatic rings. The van der Waals surface area contributed by atoms with Gasteiger partial charge in [-0.05, 0) is 18.1 Å². The number of benzene rings is 1. The first-order valence-corrected chi connectivity index (χ1v) is 5.82. The van der Waals surface area contributed by atoms with Crippen LogP contribution < -0.4 is 0 Å². The number of aromatic nitrogens is 1. The van der Waals surface area contributed by atoms with E-state index in [1.165, 1.54) is 6.20 Å². The van der Waals surface area contributed by atoms with E-state index in [4.69, 9.17) is 16.7 Å². The number of carboxylic acid groups (broad SMARTS) is 1. The van der Waals surface area contributed by atoms with Crippen molar-refractivity contribution in [2.75, 3.05) is 0 Å². The summed E-state index contributed by atoms with van der Waals surface area (Å²) in [4.78, 5) is 14.7. The molecular formula is C12H6ClNO2S. The number of nitrogens with zero attached hydrogens (tertiary/aromatic N) is 1. The van der Waals surface area contributed by atoms with Gasteiger partial charge in [-0.25, -0.2) is 9.78 Å². The molecule has 17 heavy (non-hydrogen) atoms. The van der Waals surface area contributed by atoms with E-state index in [1.807, 2.05) is 12.1 Å². The fourth-order valence-electron chi connectivity index (χ4n) is 1.11. The van der Waals surface area contributed by atoms with Crippen LogP contribution in [0.15, 0.2) is 30.5 Å². The van der Waals surface area contributed by atoms with Gasteiger partial charge in [0, 0.05) is 5.56 Å². The highest BCUT2D eigenvalue weighted by Gasteiger charge is 2.06. The summed E-state index contributed by atoms with van der Waals surface area (Å²) in [7, 11) is 0. The molecule has 1 N–H and O–H groups in total. The molecular weight excluding hydrogens is 258 g/mol. The Labute approximate surface area is 107 Å². The lowest BCUT2D eigenvalue weighted by atomic mass is 10.2. The van der Waals surface area contributed by atoms with Crippen LogP contribution in [0.2, 0.25) is 5.02 Å². The lowest BCUT2D eigenvalue weighted by Crippen LogP contribution is -1.89. The molecule has 0 radical (unpaired) electrons. The van der Waals surface area contributed by atoms with Crippen LogP contribution >= 0.6 is 22.9 Å². The molecule has 0 aliphatic heterocycles. The standard InChI is InChI=1S/C12H6ClNO2S/c13-9-4-2-1-3-8(9)5-6-11-14-7-10(17-11)12(15)16/h1-4,7H,(H,15,16). The molecule has 0 amide bonds. The molecule has 0 saturated heterocycles. The van der Waals surface area contributed by atoms with Crippen LogP contribution in [-0.2, 0) is 0 Å². The van der Waals surface area contributed by atoms with Gasteiger partial charge in [0.1, 0.15) is 4.88 Å². The number of aromatic carboxylic acids is 1. The van der Waals surface area contributed by atoms with Gasteiger partial charge in [0.2, 0.25) is 0 Å². The molecule has 3 nitrogen and oxygen atoms in total. The Morgan fingerprint density at radius 3 is 2.76 bits per heavy atom. The van der Waals surface area contributed by atoms with E-state index in [-0.39, 0.29) is 4.88 Å². The summed E-state index contributed by atoms with van der Waals surface area (Å²) in [6, 6.07) is 7.19. The van der Waals surface area contributed by atoms with Crippen LogP contribution in [0.1, 0.15) is 20.2 Å². The Balaban J connectivity index is 2.27. The summed E-state index contributed by atoms with van der Waals surface area (Å²) in [6.45, 7) is 0. The number of carboxylic acids is 1. The number of hydrogen-bond donors (Lipinski definition) is 1. The van der Waals surface area contributed by atoms with Crippen molar-refractivity contribution in [2.45, 2.75) is 0 Å². The van der Waals surface area contributed by atoms with Crippen molar-refractivity contribution >= 4 is 28.9 Å². The van der Waals surface area contributed by atoms with Crippen LogP contribution in [0.3, 0.4) is 0 Å². The maximum absolute atomic E-state index is 10.6. The van der Waals surface area contributed by atoms with Gasteiger partial charge in [0.15, 0.2) is 5.01 Å². The minimum absolute atomic E-state index is 0.174. The zero-order valence-corrected chi connectivity index (χ0v) is 10.0. The Hall–Kier alpha value is -1.83. The van der Waals surface area contributed by atoms with Gasteiger partial charge >= 0.3 is 5.97 Å². The maximum atomic E-state index is 10.6. The minimum atomic E-state index is -0.992. The van der Waals surface area contributed by atoms with Gasteiger partial charge < -0.3 is 5.11 Å². The third kappa shape index (κ3) is 2.84. The molecule has 0 saturated carbocycles. The molecule has 2 rings (SSSR count). The minimum Gasteiger partial charge on any atom is -0.477 e. The lowest BCUT2D eigenvalue weighted by Gasteiger charge is -1.91. The highest BCUT2D eigenvalue weighted by atomic mass is 35.5. The third-order valence-electron chi connectivity index (χ3n) is 1.89. The molecule has 0 spiro atoms. The summed E-state index contributed by atoms with van der Waals surface area (Å²) >= 11 is 6.97. The van der Waals surface area contributed by atoms with Crippen molar-refractivity contribution in [1.29, 1.82) is 0 Å². The maximum Gasteiger partial charge on any atom is 0.347 e. The second-order valence-corrected chi connectivity index (χ2v) is 4.50. The first-order chi connectivity index (χ1) is 8.16. The first kappa shape index (κ1) is 11.6. The average molecular weight is 264 g/mol. The summed E-state index contributed by atoms with van der Waals surface area (Å²) in [5.74, 6) is 4.65. The number of halogens is 1. The number of thiazole rings is 1. The number of rotatable bonds is 1. The molecule has 5 heteroatoms. The van der Waals surface area contributed by atoms with E-state index in [0.29, 0.717) is 15.6 Å². The Kier molecular flexibility index (Phi) is 3.43. The van der Waals surface area contributed by atoms with Crippen molar-refractivity contribution in [3.05, 3.63) is 50.9 Å². The van der Waals surface area contributed by atoms with Crippen LogP contribution in [-0.4, -0.2) is 16.1 Å². The van der Waals surface area contributed by atoms with Crippen molar-refractivity contribution in [3.63, 3.8) is 0 Å². The largest absolute Gasteiger partial charge is 0.477 e. The smallest absolute Gasteiger partial charge is 0.347 e. The van der Waals surface area contributed by atoms with Crippen LogP contribution in [0.4, 0.5) is 0 Å². The molecule has 0 atom stereocenters. The van der Waals surface area contributed by atoms with Crippen LogP contribution in [0.5, 0.6) is 0 Å². The molecule has 1 aromatic heterocycles. The first-order valence-electron chi connectivity index (χ1n) is 4.62. The third-order valence-corrected chi connectivity index (χ3v) is 3.12. The number of carbonyl (C=O) groups is 1. The fourth-order valence-corrected chi connectivity index (χ4v) is 1.91. The molecule has 0 aliphatic carbocycles. The topological polar surface area (TPSA) is 50.2 Å². The molecule has 0 unspecified atom stereocenters. The Morgan fingerprint density at radius 1 is 1.35 bits per heavy atom. The van der Waals surface area contributed by atoms with E-state index in [2.05, 4.69) is 16.8 Å². The predicted molar refractivity (Wildman–Crippen MR) is 66.5 cm³/mol. The molecule has 84 valence electrons. The molecule has 0 aliphatic rings. The van der Waals surface area contributed by atoms with Crippen molar-refractivity contribution in [1.82, 2.24) is 4.98 Å². The van der Waals surface area contributed by atoms with Crippen molar-refractivity contribution in [2.24, 2.45) is 0 Å². The summed E-state index contributed by atoms with van der Waals surface area (Å²) in [6.07, 6.45) is 1.30. The van der Waals surface area contributed by atoms with E-state index >= 15 is 0 Å². The van der Waals surface area contributed by atoms with Gasteiger partial charge in [-0.3, -0.25) is 0 Å². The molecule has 0 bridgehead atoms. The summed E-state index contributed by atoms with van der Waals surface area (Å²) in [5, 5.41) is 9.75. The zero-order chi connectivity index (χ0) is 12.3. The zero-order valence-electron chi connectivity index (χ0n) is 8.48. The summed E-state index contributed by atoms with van der Waals surface area (Å²) in [5.41, 5.74) is 0.696.